The Kier molecular flexibility index (Phi) is 9.47. The van der Waals surface area contributed by atoms with Crippen molar-refractivity contribution in [2.75, 3.05) is 0 Å². The Hall–Kier alpha value is -3.97. The van der Waals surface area contributed by atoms with Gasteiger partial charge in [0.05, 0.1) is 0 Å². The average molecular weight is 616 g/mol. The lowest BCUT2D eigenvalue weighted by Crippen LogP contribution is -3.00. The lowest BCUT2D eigenvalue weighted by Gasteiger charge is -2.28. The fraction of sp³-hybridized carbons (Fsp3) is 0.0526. The van der Waals surface area contributed by atoms with Crippen molar-refractivity contribution in [1.82, 2.24) is 0 Å². The van der Waals surface area contributed by atoms with Crippen molar-refractivity contribution in [1.29, 1.82) is 0 Å². The molecule has 0 spiro atoms. The fourth-order valence-corrected chi connectivity index (χ4v) is 9.64. The monoisotopic (exact) mass is 614 g/mol. The van der Waals surface area contributed by atoms with E-state index in [1.807, 2.05) is 6.07 Å². The molecule has 0 radical (unpaired) electrons. The minimum absolute atomic E-state index is 0. The molecule has 0 aliphatic rings. The molecule has 41 heavy (non-hydrogen) atoms. The van der Waals surface area contributed by atoms with Crippen LogP contribution in [0.3, 0.4) is 0 Å². The normalized spacial score (nSPS) is 10.9. The highest BCUT2D eigenvalue weighted by Gasteiger charge is 2.45. The van der Waals surface area contributed by atoms with Gasteiger partial charge in [-0.25, -0.2) is 0 Å². The molecule has 202 valence electrons. The molecule has 3 heteroatoms. The fourth-order valence-electron chi connectivity index (χ4n) is 5.38. The van der Waals surface area contributed by atoms with Crippen LogP contribution >= 0.6 is 7.26 Å². The lowest BCUT2D eigenvalue weighted by molar-refractivity contribution is -0.00000802. The average Bonchev–Trinajstić information content (AvgIpc) is 3.05. The van der Waals surface area contributed by atoms with E-state index in [-0.39, 0.29) is 17.0 Å². The summed E-state index contributed by atoms with van der Waals surface area (Å²) in [5, 5.41) is 4.12. The smallest absolute Gasteiger partial charge is 0.126 e. The van der Waals surface area contributed by atoms with Gasteiger partial charge < -0.3 is 21.7 Å². The number of hydrogen-bond acceptors (Lipinski definition) is 1. The Morgan fingerprint density at radius 1 is 0.415 bits per heavy atom. The number of benzene rings is 6. The van der Waals surface area contributed by atoms with Crippen molar-refractivity contribution in [3.8, 4) is 16.9 Å². The predicted octanol–water partition coefficient (Wildman–Crippen LogP) is 5.43. The second-order valence-electron chi connectivity index (χ2n) is 9.93. The SMILES string of the molecule is [Br-].c1ccc(-c2ccc(COc3ccccc3C[P+](c3ccccc3)(c3ccccc3)c3ccccc3)cc2)cc1. The summed E-state index contributed by atoms with van der Waals surface area (Å²) >= 11 is 0. The van der Waals surface area contributed by atoms with E-state index in [2.05, 4.69) is 164 Å². The van der Waals surface area contributed by atoms with Crippen LogP contribution in [0.1, 0.15) is 11.1 Å². The summed E-state index contributed by atoms with van der Waals surface area (Å²) in [5.41, 5.74) is 4.83. The third-order valence-corrected chi connectivity index (χ3v) is 11.8. The van der Waals surface area contributed by atoms with Gasteiger partial charge in [-0.2, -0.15) is 0 Å². The molecule has 0 fully saturated rings. The van der Waals surface area contributed by atoms with Crippen LogP contribution in [0.25, 0.3) is 11.1 Å². The number of para-hydroxylation sites is 1. The van der Waals surface area contributed by atoms with Crippen molar-refractivity contribution in [2.24, 2.45) is 0 Å². The van der Waals surface area contributed by atoms with Gasteiger partial charge in [0.1, 0.15) is 41.7 Å². The summed E-state index contributed by atoms with van der Waals surface area (Å²) < 4.78 is 6.54. The summed E-state index contributed by atoms with van der Waals surface area (Å²) in [6, 6.07) is 60.8. The molecule has 0 unspecified atom stereocenters. The van der Waals surface area contributed by atoms with Gasteiger partial charge in [0.25, 0.3) is 0 Å². The van der Waals surface area contributed by atoms with E-state index in [1.54, 1.807) is 0 Å². The Bertz CT molecular complexity index is 1540. The standard InChI is InChI=1S/C38H32OP.BrH/c1-5-15-32(16-6-1)33-27-25-31(26-28-33)29-39-38-24-14-13-17-34(38)30-40(35-18-7-2-8-19-35,36-20-9-3-10-21-36)37-22-11-4-12-23-37;/h1-28H,29-30H2;1H/q+1;/p-1. The molecule has 0 saturated carbocycles. The first-order valence-electron chi connectivity index (χ1n) is 13.7. The van der Waals surface area contributed by atoms with Crippen LogP contribution in [0.5, 0.6) is 5.75 Å². The van der Waals surface area contributed by atoms with Crippen LogP contribution in [0.2, 0.25) is 0 Å². The Morgan fingerprint density at radius 2 is 0.829 bits per heavy atom. The first-order valence-corrected chi connectivity index (χ1v) is 15.7. The van der Waals surface area contributed by atoms with E-state index in [0.29, 0.717) is 6.61 Å². The molecule has 0 aromatic heterocycles. The first kappa shape index (κ1) is 28.6. The van der Waals surface area contributed by atoms with Crippen LogP contribution in [-0.2, 0) is 12.8 Å². The van der Waals surface area contributed by atoms with E-state index in [9.17, 15) is 0 Å². The van der Waals surface area contributed by atoms with Crippen LogP contribution in [-0.4, -0.2) is 0 Å². The zero-order chi connectivity index (χ0) is 27.0. The maximum atomic E-state index is 6.54. The van der Waals surface area contributed by atoms with E-state index < -0.39 is 7.26 Å². The van der Waals surface area contributed by atoms with Crippen LogP contribution < -0.4 is 37.6 Å². The van der Waals surface area contributed by atoms with Crippen molar-refractivity contribution < 1.29 is 21.7 Å². The number of halogens is 1. The van der Waals surface area contributed by atoms with Gasteiger partial charge in [-0.1, -0.05) is 127 Å². The summed E-state index contributed by atoms with van der Waals surface area (Å²) in [6.45, 7) is 0.527. The summed E-state index contributed by atoms with van der Waals surface area (Å²) in [5.74, 6) is 0.946. The third-order valence-electron chi connectivity index (χ3n) is 7.43. The van der Waals surface area contributed by atoms with Crippen molar-refractivity contribution in [3.05, 3.63) is 181 Å². The molecule has 6 rings (SSSR count). The number of hydrogen-bond donors (Lipinski definition) is 0. The zero-order valence-electron chi connectivity index (χ0n) is 22.8. The molecule has 0 aliphatic carbocycles. The minimum Gasteiger partial charge on any atom is -1.00 e. The van der Waals surface area contributed by atoms with Crippen LogP contribution in [0, 0.1) is 0 Å². The summed E-state index contributed by atoms with van der Waals surface area (Å²) in [4.78, 5) is 0. The van der Waals surface area contributed by atoms with E-state index >= 15 is 0 Å². The quantitative estimate of drug-likeness (QED) is 0.197. The van der Waals surface area contributed by atoms with Gasteiger partial charge in [0.15, 0.2) is 0 Å². The molecule has 0 bridgehead atoms. The van der Waals surface area contributed by atoms with Gasteiger partial charge in [0.2, 0.25) is 0 Å². The summed E-state index contributed by atoms with van der Waals surface area (Å²) in [7, 11) is -2.02. The second-order valence-corrected chi connectivity index (χ2v) is 13.4. The molecule has 0 aliphatic heterocycles. The highest BCUT2D eigenvalue weighted by molar-refractivity contribution is 7.95. The molecule has 0 atom stereocenters. The van der Waals surface area contributed by atoms with Crippen LogP contribution in [0.15, 0.2) is 170 Å². The number of ether oxygens (including phenoxy) is 1. The Labute approximate surface area is 254 Å². The summed E-state index contributed by atoms with van der Waals surface area (Å²) in [6.07, 6.45) is 0.883. The minimum atomic E-state index is -2.02. The molecule has 6 aromatic rings. The molecular formula is C38H32BrOP. The van der Waals surface area contributed by atoms with Gasteiger partial charge in [-0.15, -0.1) is 0 Å². The lowest BCUT2D eigenvalue weighted by atomic mass is 10.0. The van der Waals surface area contributed by atoms with Gasteiger partial charge >= 0.3 is 0 Å². The zero-order valence-corrected chi connectivity index (χ0v) is 25.3. The van der Waals surface area contributed by atoms with E-state index in [0.717, 1.165) is 17.5 Å². The predicted molar refractivity (Wildman–Crippen MR) is 172 cm³/mol. The third kappa shape index (κ3) is 6.35. The highest BCUT2D eigenvalue weighted by Crippen LogP contribution is 2.59. The second kappa shape index (κ2) is 13.6. The van der Waals surface area contributed by atoms with E-state index in [4.69, 9.17) is 4.74 Å². The van der Waals surface area contributed by atoms with Crippen LogP contribution in [0.4, 0.5) is 0 Å². The molecular weight excluding hydrogens is 583 g/mol. The molecule has 1 nitrogen and oxygen atoms in total. The van der Waals surface area contributed by atoms with Gasteiger partial charge in [0, 0.05) is 5.56 Å². The Morgan fingerprint density at radius 3 is 1.34 bits per heavy atom. The molecule has 6 aromatic carbocycles. The molecule has 0 saturated heterocycles. The largest absolute Gasteiger partial charge is 1.00 e. The molecule has 0 amide bonds. The van der Waals surface area contributed by atoms with E-state index in [1.165, 1.54) is 32.6 Å². The molecule has 0 N–H and O–H groups in total. The first-order chi connectivity index (χ1) is 19.8. The molecule has 0 heterocycles. The van der Waals surface area contributed by atoms with Gasteiger partial charge in [-0.05, 0) is 59.2 Å². The van der Waals surface area contributed by atoms with Crippen molar-refractivity contribution in [2.45, 2.75) is 12.8 Å². The maximum Gasteiger partial charge on any atom is 0.126 e. The van der Waals surface area contributed by atoms with Crippen molar-refractivity contribution >= 4 is 23.2 Å². The topological polar surface area (TPSA) is 9.23 Å². The highest BCUT2D eigenvalue weighted by atomic mass is 79.9. The van der Waals surface area contributed by atoms with Crippen molar-refractivity contribution in [3.63, 3.8) is 0 Å². The van der Waals surface area contributed by atoms with Gasteiger partial charge in [-0.3, -0.25) is 0 Å². The maximum absolute atomic E-state index is 6.54. The Balaban J connectivity index is 0.00000337. The number of rotatable bonds is 9.